The standard InChI is InChI=1S/C16H19NO3/c1-20-13(18)8-9-17-16(19)15-12-7-6-10-4-2-3-5-11(10)14(12)15/h2-5,12,14-15H,6-9H2,1H3,(H,17,19). The second-order valence-corrected chi connectivity index (χ2v) is 5.57. The third-order valence-corrected chi connectivity index (χ3v) is 4.49. The lowest BCUT2D eigenvalue weighted by molar-refractivity contribution is -0.140. The number of rotatable bonds is 4. The van der Waals surface area contributed by atoms with Crippen molar-refractivity contribution in [3.8, 4) is 0 Å². The molecule has 1 aromatic carbocycles. The van der Waals surface area contributed by atoms with Gasteiger partial charge in [-0.25, -0.2) is 0 Å². The van der Waals surface area contributed by atoms with Crippen LogP contribution in [0.3, 0.4) is 0 Å². The van der Waals surface area contributed by atoms with Crippen molar-refractivity contribution in [2.75, 3.05) is 13.7 Å². The molecule has 3 rings (SSSR count). The second-order valence-electron chi connectivity index (χ2n) is 5.57. The first-order valence-corrected chi connectivity index (χ1v) is 7.14. The molecule has 4 heteroatoms. The number of methoxy groups -OCH3 is 1. The molecule has 0 aromatic heterocycles. The summed E-state index contributed by atoms with van der Waals surface area (Å²) in [5.41, 5.74) is 2.73. The van der Waals surface area contributed by atoms with Crippen molar-refractivity contribution >= 4 is 11.9 Å². The SMILES string of the molecule is COC(=O)CCNC(=O)C1C2CCc3ccccc3C21. The number of aryl methyl sites for hydroxylation is 1. The van der Waals surface area contributed by atoms with Crippen molar-refractivity contribution in [3.63, 3.8) is 0 Å². The number of fused-ring (bicyclic) bond motifs is 3. The fraction of sp³-hybridized carbons (Fsp3) is 0.500. The second kappa shape index (κ2) is 5.27. The highest BCUT2D eigenvalue weighted by molar-refractivity contribution is 5.84. The average molecular weight is 273 g/mol. The van der Waals surface area contributed by atoms with Crippen molar-refractivity contribution < 1.29 is 14.3 Å². The maximum atomic E-state index is 12.2. The fourth-order valence-corrected chi connectivity index (χ4v) is 3.43. The van der Waals surface area contributed by atoms with Gasteiger partial charge in [-0.3, -0.25) is 9.59 Å². The highest BCUT2D eigenvalue weighted by atomic mass is 16.5. The van der Waals surface area contributed by atoms with E-state index in [9.17, 15) is 9.59 Å². The van der Waals surface area contributed by atoms with Gasteiger partial charge in [0.15, 0.2) is 0 Å². The van der Waals surface area contributed by atoms with E-state index in [4.69, 9.17) is 0 Å². The molecule has 1 saturated carbocycles. The van der Waals surface area contributed by atoms with Gasteiger partial charge in [-0.15, -0.1) is 0 Å². The molecule has 106 valence electrons. The molecule has 20 heavy (non-hydrogen) atoms. The molecule has 2 aliphatic carbocycles. The van der Waals surface area contributed by atoms with Crippen LogP contribution < -0.4 is 5.32 Å². The maximum Gasteiger partial charge on any atom is 0.307 e. The first-order valence-electron chi connectivity index (χ1n) is 7.14. The first kappa shape index (κ1) is 13.2. The largest absolute Gasteiger partial charge is 0.469 e. The minimum atomic E-state index is -0.288. The molecule has 4 nitrogen and oxygen atoms in total. The number of esters is 1. The Labute approximate surface area is 118 Å². The van der Waals surface area contributed by atoms with Crippen molar-refractivity contribution in [2.24, 2.45) is 11.8 Å². The number of nitrogens with one attached hydrogen (secondary N) is 1. The van der Waals surface area contributed by atoms with Gasteiger partial charge in [0.1, 0.15) is 0 Å². The number of carbonyl (C=O) groups is 2. The molecule has 1 N–H and O–H groups in total. The molecule has 1 aromatic rings. The van der Waals surface area contributed by atoms with E-state index in [1.54, 1.807) is 0 Å². The summed E-state index contributed by atoms with van der Waals surface area (Å²) in [7, 11) is 1.36. The number of benzene rings is 1. The molecule has 2 aliphatic rings. The van der Waals surface area contributed by atoms with E-state index in [0.29, 0.717) is 18.4 Å². The first-order chi connectivity index (χ1) is 9.72. The van der Waals surface area contributed by atoms with Gasteiger partial charge in [-0.1, -0.05) is 24.3 Å². The van der Waals surface area contributed by atoms with E-state index in [-0.39, 0.29) is 24.2 Å². The Balaban J connectivity index is 1.58. The topological polar surface area (TPSA) is 55.4 Å². The van der Waals surface area contributed by atoms with E-state index in [1.807, 2.05) is 6.07 Å². The lowest BCUT2D eigenvalue weighted by Crippen LogP contribution is -2.28. The molecular formula is C16H19NO3. The van der Waals surface area contributed by atoms with Crippen LogP contribution in [0.25, 0.3) is 0 Å². The minimum absolute atomic E-state index is 0.0839. The Bertz CT molecular complexity index is 540. The Hall–Kier alpha value is -1.84. The zero-order valence-corrected chi connectivity index (χ0v) is 11.6. The van der Waals surface area contributed by atoms with Gasteiger partial charge in [0.2, 0.25) is 5.91 Å². The molecule has 0 spiro atoms. The number of carbonyl (C=O) groups excluding carboxylic acids is 2. The number of ether oxygens (including phenoxy) is 1. The molecule has 1 fully saturated rings. The molecule has 3 unspecified atom stereocenters. The normalized spacial score (nSPS) is 26.1. The van der Waals surface area contributed by atoms with E-state index in [1.165, 1.54) is 18.2 Å². The lowest BCUT2D eigenvalue weighted by atomic mass is 9.92. The smallest absolute Gasteiger partial charge is 0.307 e. The molecule has 0 bridgehead atoms. The van der Waals surface area contributed by atoms with Gasteiger partial charge in [-0.05, 0) is 35.8 Å². The Morgan fingerprint density at radius 2 is 2.15 bits per heavy atom. The third kappa shape index (κ3) is 2.30. The van der Waals surface area contributed by atoms with Crippen LogP contribution in [0.1, 0.15) is 29.9 Å². The van der Waals surface area contributed by atoms with Crippen LogP contribution in [0.2, 0.25) is 0 Å². The van der Waals surface area contributed by atoms with Crippen LogP contribution in [0.5, 0.6) is 0 Å². The summed E-state index contributed by atoms with van der Waals surface area (Å²) >= 11 is 0. The van der Waals surface area contributed by atoms with Crippen LogP contribution in [0, 0.1) is 11.8 Å². The molecule has 3 atom stereocenters. The van der Waals surface area contributed by atoms with Gasteiger partial charge in [0.25, 0.3) is 0 Å². The Morgan fingerprint density at radius 3 is 2.95 bits per heavy atom. The summed E-state index contributed by atoms with van der Waals surface area (Å²) in [6, 6.07) is 8.42. The Morgan fingerprint density at radius 1 is 1.35 bits per heavy atom. The summed E-state index contributed by atoms with van der Waals surface area (Å²) < 4.78 is 4.56. The quantitative estimate of drug-likeness (QED) is 0.849. The van der Waals surface area contributed by atoms with Crippen molar-refractivity contribution in [2.45, 2.75) is 25.2 Å². The van der Waals surface area contributed by atoms with Gasteiger partial charge in [0, 0.05) is 12.5 Å². The average Bonchev–Trinajstić information content (AvgIpc) is 3.22. The highest BCUT2D eigenvalue weighted by Gasteiger charge is 2.56. The molecule has 0 aliphatic heterocycles. The van der Waals surface area contributed by atoms with E-state index < -0.39 is 0 Å². The van der Waals surface area contributed by atoms with Crippen LogP contribution in [0.4, 0.5) is 0 Å². The highest BCUT2D eigenvalue weighted by Crippen LogP contribution is 2.59. The van der Waals surface area contributed by atoms with Crippen LogP contribution >= 0.6 is 0 Å². The van der Waals surface area contributed by atoms with Crippen molar-refractivity contribution in [1.82, 2.24) is 5.32 Å². The van der Waals surface area contributed by atoms with Gasteiger partial charge in [0.05, 0.1) is 13.5 Å². The summed E-state index contributed by atoms with van der Waals surface area (Å²) in [6.07, 6.45) is 2.40. The molecule has 0 heterocycles. The fourth-order valence-electron chi connectivity index (χ4n) is 3.43. The molecule has 0 saturated heterocycles. The summed E-state index contributed by atoms with van der Waals surface area (Å²) in [6.45, 7) is 0.364. The van der Waals surface area contributed by atoms with E-state index >= 15 is 0 Å². The van der Waals surface area contributed by atoms with Gasteiger partial charge >= 0.3 is 5.97 Å². The zero-order chi connectivity index (χ0) is 14.1. The summed E-state index contributed by atoms with van der Waals surface area (Å²) in [5, 5.41) is 2.86. The van der Waals surface area contributed by atoms with Gasteiger partial charge in [-0.2, -0.15) is 0 Å². The zero-order valence-electron chi connectivity index (χ0n) is 11.6. The predicted molar refractivity (Wildman–Crippen MR) is 74.1 cm³/mol. The number of hydrogen-bond acceptors (Lipinski definition) is 3. The molecule has 0 radical (unpaired) electrons. The minimum Gasteiger partial charge on any atom is -0.469 e. The van der Waals surface area contributed by atoms with E-state index in [0.717, 1.165) is 12.8 Å². The van der Waals surface area contributed by atoms with Crippen molar-refractivity contribution in [1.29, 1.82) is 0 Å². The summed E-state index contributed by atoms with van der Waals surface area (Å²) in [4.78, 5) is 23.2. The lowest BCUT2D eigenvalue weighted by Gasteiger charge is -2.13. The number of hydrogen-bond donors (Lipinski definition) is 1. The monoisotopic (exact) mass is 273 g/mol. The van der Waals surface area contributed by atoms with E-state index in [2.05, 4.69) is 28.3 Å². The predicted octanol–water partition coefficient (Wildman–Crippen LogP) is 1.64. The molecular weight excluding hydrogens is 254 g/mol. The Kier molecular flexibility index (Phi) is 3.47. The van der Waals surface area contributed by atoms with Crippen LogP contribution in [-0.2, 0) is 20.7 Å². The molecule has 1 amide bonds. The van der Waals surface area contributed by atoms with Crippen LogP contribution in [-0.4, -0.2) is 25.5 Å². The maximum absolute atomic E-state index is 12.2. The van der Waals surface area contributed by atoms with Crippen LogP contribution in [0.15, 0.2) is 24.3 Å². The van der Waals surface area contributed by atoms with Gasteiger partial charge < -0.3 is 10.1 Å². The summed E-state index contributed by atoms with van der Waals surface area (Å²) in [5.74, 6) is 0.766. The number of amides is 1. The van der Waals surface area contributed by atoms with Crippen molar-refractivity contribution in [3.05, 3.63) is 35.4 Å². The third-order valence-electron chi connectivity index (χ3n) is 4.49.